The van der Waals surface area contributed by atoms with Gasteiger partial charge in [0, 0.05) is 62.9 Å². The Balaban J connectivity index is 1.43. The number of rotatable bonds is 16. The van der Waals surface area contributed by atoms with Crippen molar-refractivity contribution in [3.63, 3.8) is 0 Å². The molecule has 0 aromatic heterocycles. The Bertz CT molecular complexity index is 1360. The Morgan fingerprint density at radius 1 is 0.886 bits per heavy atom. The standard InChI is InChI=1S/C35H46N2O7/c1-24(2)37(35(38)27-14-15-30(40-4)32(19-27)43-17-9-16-39-3)22-28-20-36-21-33(28)44-23-25-10-7-11-26(18-25)29-12-8-13-31(41-5)34(29)42-6/h7-8,10-15,18-19,24,28,33,36H,9,16-17,20-23H2,1-6H3/t28-,33+/m0/s1. The lowest BCUT2D eigenvalue weighted by Crippen LogP contribution is -2.43. The Kier molecular flexibility index (Phi) is 12.3. The molecule has 0 aliphatic carbocycles. The van der Waals surface area contributed by atoms with E-state index in [-0.39, 0.29) is 24.0 Å². The molecule has 0 unspecified atom stereocenters. The first-order valence-electron chi connectivity index (χ1n) is 15.1. The van der Waals surface area contributed by atoms with E-state index in [4.69, 9.17) is 28.4 Å². The topological polar surface area (TPSA) is 87.7 Å². The predicted molar refractivity (Wildman–Crippen MR) is 171 cm³/mol. The maximum Gasteiger partial charge on any atom is 0.254 e. The molecular formula is C35H46N2O7. The summed E-state index contributed by atoms with van der Waals surface area (Å²) in [6, 6.07) is 19.5. The Morgan fingerprint density at radius 3 is 2.41 bits per heavy atom. The summed E-state index contributed by atoms with van der Waals surface area (Å²) in [6.07, 6.45) is 0.709. The third-order valence-electron chi connectivity index (χ3n) is 7.86. The summed E-state index contributed by atoms with van der Waals surface area (Å²) in [5, 5.41) is 3.46. The number of hydrogen-bond donors (Lipinski definition) is 1. The highest BCUT2D eigenvalue weighted by Crippen LogP contribution is 2.38. The number of nitrogens with one attached hydrogen (secondary N) is 1. The fraction of sp³-hybridized carbons (Fsp3) is 0.457. The van der Waals surface area contributed by atoms with E-state index in [1.165, 1.54) is 0 Å². The minimum Gasteiger partial charge on any atom is -0.493 e. The summed E-state index contributed by atoms with van der Waals surface area (Å²) in [7, 11) is 6.55. The van der Waals surface area contributed by atoms with Crippen LogP contribution in [0.1, 0.15) is 36.2 Å². The molecule has 238 valence electrons. The number of amides is 1. The molecule has 1 amide bonds. The molecule has 44 heavy (non-hydrogen) atoms. The number of nitrogens with zero attached hydrogens (tertiary/aromatic N) is 1. The van der Waals surface area contributed by atoms with Crippen molar-refractivity contribution in [3.05, 3.63) is 71.8 Å². The van der Waals surface area contributed by atoms with Crippen LogP contribution in [-0.4, -0.2) is 84.2 Å². The minimum atomic E-state index is -0.0463. The van der Waals surface area contributed by atoms with Crippen LogP contribution in [0, 0.1) is 5.92 Å². The average Bonchev–Trinajstić information content (AvgIpc) is 3.50. The van der Waals surface area contributed by atoms with Gasteiger partial charge in [-0.3, -0.25) is 4.79 Å². The van der Waals surface area contributed by atoms with Crippen molar-refractivity contribution >= 4 is 5.91 Å². The van der Waals surface area contributed by atoms with Gasteiger partial charge in [-0.1, -0.05) is 30.3 Å². The SMILES string of the molecule is COCCCOc1cc(C(=O)N(C[C@@H]2CNC[C@H]2OCc2cccc(-c3cccc(OC)c3OC)c2)C(C)C)ccc1OC. The van der Waals surface area contributed by atoms with Gasteiger partial charge in [-0.15, -0.1) is 0 Å². The lowest BCUT2D eigenvalue weighted by Gasteiger charge is -2.31. The van der Waals surface area contributed by atoms with E-state index in [9.17, 15) is 4.79 Å². The smallest absolute Gasteiger partial charge is 0.254 e. The van der Waals surface area contributed by atoms with Gasteiger partial charge in [0.05, 0.1) is 40.6 Å². The van der Waals surface area contributed by atoms with Crippen LogP contribution in [0.3, 0.4) is 0 Å². The van der Waals surface area contributed by atoms with Crippen molar-refractivity contribution in [2.45, 2.75) is 39.0 Å². The van der Waals surface area contributed by atoms with E-state index >= 15 is 0 Å². The van der Waals surface area contributed by atoms with Crippen molar-refractivity contribution in [2.75, 3.05) is 61.3 Å². The van der Waals surface area contributed by atoms with Crippen LogP contribution in [-0.2, 0) is 16.1 Å². The van der Waals surface area contributed by atoms with E-state index < -0.39 is 0 Å². The summed E-state index contributed by atoms with van der Waals surface area (Å²) in [4.78, 5) is 15.7. The second kappa shape index (κ2) is 16.3. The van der Waals surface area contributed by atoms with Gasteiger partial charge >= 0.3 is 0 Å². The first-order chi connectivity index (χ1) is 21.4. The molecule has 0 saturated carbocycles. The third-order valence-corrected chi connectivity index (χ3v) is 7.86. The van der Waals surface area contributed by atoms with Gasteiger partial charge in [-0.25, -0.2) is 0 Å². The summed E-state index contributed by atoms with van der Waals surface area (Å²) in [6.45, 7) is 7.70. The van der Waals surface area contributed by atoms with E-state index in [2.05, 4.69) is 23.5 Å². The van der Waals surface area contributed by atoms with Crippen LogP contribution >= 0.6 is 0 Å². The molecule has 0 bridgehead atoms. The van der Waals surface area contributed by atoms with Crippen molar-refractivity contribution < 1.29 is 33.2 Å². The summed E-state index contributed by atoms with van der Waals surface area (Å²) in [5.74, 6) is 2.64. The zero-order valence-corrected chi connectivity index (χ0v) is 26.8. The van der Waals surface area contributed by atoms with Crippen molar-refractivity contribution in [2.24, 2.45) is 5.92 Å². The predicted octanol–water partition coefficient (Wildman–Crippen LogP) is 5.45. The highest BCUT2D eigenvalue weighted by atomic mass is 16.5. The lowest BCUT2D eigenvalue weighted by molar-refractivity contribution is 0.0129. The summed E-state index contributed by atoms with van der Waals surface area (Å²) in [5.41, 5.74) is 3.61. The monoisotopic (exact) mass is 606 g/mol. The summed E-state index contributed by atoms with van der Waals surface area (Å²) >= 11 is 0. The number of hydrogen-bond acceptors (Lipinski definition) is 8. The third kappa shape index (κ3) is 8.22. The molecule has 1 heterocycles. The fourth-order valence-corrected chi connectivity index (χ4v) is 5.49. The van der Waals surface area contributed by atoms with E-state index in [0.717, 1.165) is 36.2 Å². The molecule has 9 heteroatoms. The number of carbonyl (C=O) groups excluding carboxylic acids is 1. The molecule has 2 atom stereocenters. The molecular weight excluding hydrogens is 560 g/mol. The van der Waals surface area contributed by atoms with Gasteiger partial charge in [-0.05, 0) is 55.3 Å². The van der Waals surface area contributed by atoms with E-state index in [1.807, 2.05) is 43.0 Å². The van der Waals surface area contributed by atoms with Crippen LogP contribution < -0.4 is 24.3 Å². The molecule has 4 rings (SSSR count). The van der Waals surface area contributed by atoms with Crippen molar-refractivity contribution in [1.82, 2.24) is 10.2 Å². The van der Waals surface area contributed by atoms with Gasteiger partial charge in [0.15, 0.2) is 23.0 Å². The molecule has 0 spiro atoms. The molecule has 1 aliphatic heterocycles. The molecule has 1 aliphatic rings. The Morgan fingerprint density at radius 2 is 1.68 bits per heavy atom. The van der Waals surface area contributed by atoms with Crippen LogP contribution in [0.15, 0.2) is 60.7 Å². The minimum absolute atomic E-state index is 0.00597. The maximum atomic E-state index is 13.8. The largest absolute Gasteiger partial charge is 0.493 e. The number of benzene rings is 3. The number of ether oxygens (including phenoxy) is 6. The molecule has 1 saturated heterocycles. The Hall–Kier alpha value is -3.79. The fourth-order valence-electron chi connectivity index (χ4n) is 5.49. The quantitative estimate of drug-likeness (QED) is 0.216. The average molecular weight is 607 g/mol. The van der Waals surface area contributed by atoms with Crippen LogP contribution in [0.5, 0.6) is 23.0 Å². The maximum absolute atomic E-state index is 13.8. The molecule has 1 N–H and O–H groups in total. The van der Waals surface area contributed by atoms with Gasteiger partial charge in [-0.2, -0.15) is 0 Å². The van der Waals surface area contributed by atoms with E-state index in [0.29, 0.717) is 54.9 Å². The van der Waals surface area contributed by atoms with Crippen LogP contribution in [0.25, 0.3) is 11.1 Å². The van der Waals surface area contributed by atoms with Gasteiger partial charge in [0.1, 0.15) is 0 Å². The van der Waals surface area contributed by atoms with Gasteiger partial charge < -0.3 is 38.6 Å². The molecule has 3 aromatic carbocycles. The van der Waals surface area contributed by atoms with Crippen LogP contribution in [0.2, 0.25) is 0 Å². The van der Waals surface area contributed by atoms with E-state index in [1.54, 1.807) is 46.6 Å². The highest BCUT2D eigenvalue weighted by molar-refractivity contribution is 5.95. The zero-order valence-electron chi connectivity index (χ0n) is 26.8. The van der Waals surface area contributed by atoms with Crippen LogP contribution in [0.4, 0.5) is 0 Å². The second-order valence-corrected chi connectivity index (χ2v) is 11.1. The number of carbonyl (C=O) groups is 1. The number of para-hydroxylation sites is 1. The van der Waals surface area contributed by atoms with Gasteiger partial charge in [0.2, 0.25) is 0 Å². The second-order valence-electron chi connectivity index (χ2n) is 11.1. The Labute approximate surface area is 261 Å². The first kappa shape index (κ1) is 33.1. The highest BCUT2D eigenvalue weighted by Gasteiger charge is 2.32. The molecule has 9 nitrogen and oxygen atoms in total. The molecule has 3 aromatic rings. The van der Waals surface area contributed by atoms with Crippen molar-refractivity contribution in [3.8, 4) is 34.1 Å². The summed E-state index contributed by atoms with van der Waals surface area (Å²) < 4.78 is 34.1. The molecule has 1 fully saturated rings. The number of methoxy groups -OCH3 is 4. The lowest BCUT2D eigenvalue weighted by atomic mass is 10.0. The molecule has 0 radical (unpaired) electrons. The van der Waals surface area contributed by atoms with Gasteiger partial charge in [0.25, 0.3) is 5.91 Å². The van der Waals surface area contributed by atoms with Crippen molar-refractivity contribution in [1.29, 1.82) is 0 Å². The zero-order chi connectivity index (χ0) is 31.5. The normalized spacial score (nSPS) is 16.2. The first-order valence-corrected chi connectivity index (χ1v) is 15.1.